The summed E-state index contributed by atoms with van der Waals surface area (Å²) < 4.78 is 13.5. The van der Waals surface area contributed by atoms with Crippen molar-refractivity contribution >= 4 is 28.6 Å². The number of carbonyl (C=O) groups excluding carboxylic acids is 1. The number of aryl methyl sites for hydroxylation is 1. The minimum Gasteiger partial charge on any atom is -0.490 e. The monoisotopic (exact) mass is 488 g/mol. The van der Waals surface area contributed by atoms with Crippen molar-refractivity contribution in [1.82, 2.24) is 9.88 Å². The summed E-state index contributed by atoms with van der Waals surface area (Å²) in [5.41, 5.74) is 3.26. The SMILES string of the molecule is CCOc1ccc(CCNC(=O)Cc2c(Sc3ccccc3)c3ccccc3n2C)cc1OCC. The molecule has 1 heterocycles. The highest BCUT2D eigenvalue weighted by atomic mass is 32.2. The zero-order chi connectivity index (χ0) is 24.6. The van der Waals surface area contributed by atoms with Crippen LogP contribution in [0.4, 0.5) is 0 Å². The van der Waals surface area contributed by atoms with Gasteiger partial charge in [0.25, 0.3) is 0 Å². The lowest BCUT2D eigenvalue weighted by molar-refractivity contribution is -0.120. The van der Waals surface area contributed by atoms with Gasteiger partial charge in [-0.2, -0.15) is 0 Å². The predicted molar refractivity (Wildman–Crippen MR) is 143 cm³/mol. The Labute approximate surface area is 211 Å². The fourth-order valence-electron chi connectivity index (χ4n) is 4.14. The average Bonchev–Trinajstić information content (AvgIpc) is 3.12. The van der Waals surface area contributed by atoms with E-state index in [0.29, 0.717) is 26.2 Å². The number of benzene rings is 3. The average molecular weight is 489 g/mol. The molecule has 0 aliphatic heterocycles. The van der Waals surface area contributed by atoms with Crippen molar-refractivity contribution in [1.29, 1.82) is 0 Å². The molecular weight excluding hydrogens is 456 g/mol. The molecule has 0 aliphatic rings. The van der Waals surface area contributed by atoms with Crippen LogP contribution >= 0.6 is 11.8 Å². The molecule has 0 spiro atoms. The van der Waals surface area contributed by atoms with Crippen molar-refractivity contribution in [3.05, 3.63) is 84.1 Å². The summed E-state index contributed by atoms with van der Waals surface area (Å²) in [4.78, 5) is 15.3. The summed E-state index contributed by atoms with van der Waals surface area (Å²) in [7, 11) is 2.04. The second kappa shape index (κ2) is 11.8. The normalized spacial score (nSPS) is 10.9. The van der Waals surface area contributed by atoms with Gasteiger partial charge in [-0.05, 0) is 56.2 Å². The highest BCUT2D eigenvalue weighted by Gasteiger charge is 2.18. The van der Waals surface area contributed by atoms with E-state index in [4.69, 9.17) is 9.47 Å². The van der Waals surface area contributed by atoms with Crippen LogP contribution in [0.1, 0.15) is 25.1 Å². The number of amides is 1. The van der Waals surface area contributed by atoms with Gasteiger partial charge in [-0.25, -0.2) is 0 Å². The number of nitrogens with zero attached hydrogens (tertiary/aromatic N) is 1. The third-order valence-corrected chi connectivity index (χ3v) is 6.98. The van der Waals surface area contributed by atoms with E-state index in [9.17, 15) is 4.79 Å². The first-order chi connectivity index (χ1) is 17.1. The number of nitrogens with one attached hydrogen (secondary N) is 1. The van der Waals surface area contributed by atoms with E-state index in [-0.39, 0.29) is 5.91 Å². The topological polar surface area (TPSA) is 52.5 Å². The van der Waals surface area contributed by atoms with Crippen LogP contribution in [0.5, 0.6) is 11.5 Å². The molecule has 35 heavy (non-hydrogen) atoms. The number of rotatable bonds is 11. The molecule has 1 aromatic heterocycles. The van der Waals surface area contributed by atoms with Gasteiger partial charge >= 0.3 is 0 Å². The summed E-state index contributed by atoms with van der Waals surface area (Å²) in [5.74, 6) is 1.51. The molecule has 0 saturated heterocycles. The molecule has 6 heteroatoms. The molecule has 0 bridgehead atoms. The standard InChI is InChI=1S/C29H32N2O3S/c1-4-33-26-16-15-21(19-27(26)34-5-2)17-18-30-28(32)20-25-29(35-22-11-7-6-8-12-22)23-13-9-10-14-24(23)31(25)3/h6-16,19H,4-5,17-18,20H2,1-3H3,(H,30,32). The summed E-state index contributed by atoms with van der Waals surface area (Å²) in [6, 6.07) is 24.6. The number of hydrogen-bond acceptors (Lipinski definition) is 4. The van der Waals surface area contributed by atoms with E-state index in [1.54, 1.807) is 11.8 Å². The molecule has 4 rings (SSSR count). The maximum absolute atomic E-state index is 13.0. The Bertz CT molecular complexity index is 1280. The van der Waals surface area contributed by atoms with Crippen molar-refractivity contribution < 1.29 is 14.3 Å². The van der Waals surface area contributed by atoms with Crippen LogP contribution in [0, 0.1) is 0 Å². The lowest BCUT2D eigenvalue weighted by Gasteiger charge is -2.13. The second-order valence-electron chi connectivity index (χ2n) is 8.19. The Hall–Kier alpha value is -3.38. The van der Waals surface area contributed by atoms with E-state index in [2.05, 4.69) is 40.2 Å². The molecule has 5 nitrogen and oxygen atoms in total. The Morgan fingerprint density at radius 1 is 0.914 bits per heavy atom. The first kappa shape index (κ1) is 24.7. The zero-order valence-corrected chi connectivity index (χ0v) is 21.4. The van der Waals surface area contributed by atoms with Crippen molar-refractivity contribution in [3.8, 4) is 11.5 Å². The fraction of sp³-hybridized carbons (Fsp3) is 0.276. The van der Waals surface area contributed by atoms with E-state index in [0.717, 1.165) is 44.5 Å². The first-order valence-electron chi connectivity index (χ1n) is 12.0. The van der Waals surface area contributed by atoms with Crippen LogP contribution in [0.25, 0.3) is 10.9 Å². The van der Waals surface area contributed by atoms with Crippen LogP contribution in [0.2, 0.25) is 0 Å². The number of carbonyl (C=O) groups is 1. The molecular formula is C29H32N2O3S. The largest absolute Gasteiger partial charge is 0.490 e. The minimum absolute atomic E-state index is 0.0155. The maximum Gasteiger partial charge on any atom is 0.225 e. The van der Waals surface area contributed by atoms with Gasteiger partial charge in [0, 0.05) is 40.0 Å². The lowest BCUT2D eigenvalue weighted by Crippen LogP contribution is -2.28. The Balaban J connectivity index is 1.45. The predicted octanol–water partition coefficient (Wildman–Crippen LogP) is 6.03. The molecule has 0 saturated carbocycles. The van der Waals surface area contributed by atoms with Gasteiger partial charge in [-0.1, -0.05) is 54.2 Å². The first-order valence-corrected chi connectivity index (χ1v) is 12.9. The molecule has 1 amide bonds. The van der Waals surface area contributed by atoms with Crippen LogP contribution < -0.4 is 14.8 Å². The third-order valence-electron chi connectivity index (χ3n) is 5.81. The molecule has 0 fully saturated rings. The number of fused-ring (bicyclic) bond motifs is 1. The molecule has 4 aromatic rings. The molecule has 182 valence electrons. The van der Waals surface area contributed by atoms with Gasteiger partial charge in [0.1, 0.15) is 0 Å². The van der Waals surface area contributed by atoms with Crippen molar-refractivity contribution in [2.24, 2.45) is 7.05 Å². The number of ether oxygens (including phenoxy) is 2. The second-order valence-corrected chi connectivity index (χ2v) is 9.27. The smallest absolute Gasteiger partial charge is 0.225 e. The van der Waals surface area contributed by atoms with E-state index >= 15 is 0 Å². The van der Waals surface area contributed by atoms with Gasteiger partial charge in [0.2, 0.25) is 5.91 Å². The Kier molecular flexibility index (Phi) is 8.37. The maximum atomic E-state index is 13.0. The lowest BCUT2D eigenvalue weighted by atomic mass is 10.1. The van der Waals surface area contributed by atoms with Crippen LogP contribution in [-0.4, -0.2) is 30.2 Å². The van der Waals surface area contributed by atoms with Crippen LogP contribution in [0.15, 0.2) is 82.6 Å². The number of para-hydroxylation sites is 1. The molecule has 0 aliphatic carbocycles. The van der Waals surface area contributed by atoms with Crippen molar-refractivity contribution in [3.63, 3.8) is 0 Å². The summed E-state index contributed by atoms with van der Waals surface area (Å²) in [5, 5.41) is 4.27. The summed E-state index contributed by atoms with van der Waals surface area (Å²) >= 11 is 1.71. The van der Waals surface area contributed by atoms with Gasteiger partial charge in [0.15, 0.2) is 11.5 Å². The summed E-state index contributed by atoms with van der Waals surface area (Å²) in [6.07, 6.45) is 1.05. The molecule has 0 unspecified atom stereocenters. The van der Waals surface area contributed by atoms with Crippen molar-refractivity contribution in [2.75, 3.05) is 19.8 Å². The van der Waals surface area contributed by atoms with Crippen LogP contribution in [0.3, 0.4) is 0 Å². The molecule has 3 aromatic carbocycles. The van der Waals surface area contributed by atoms with Gasteiger partial charge in [-0.3, -0.25) is 4.79 Å². The quantitative estimate of drug-likeness (QED) is 0.280. The third kappa shape index (κ3) is 6.01. The molecule has 0 radical (unpaired) electrons. The summed E-state index contributed by atoms with van der Waals surface area (Å²) in [6.45, 7) is 5.64. The van der Waals surface area contributed by atoms with Crippen LogP contribution in [-0.2, 0) is 24.7 Å². The van der Waals surface area contributed by atoms with Gasteiger partial charge in [0.05, 0.1) is 19.6 Å². The molecule has 1 N–H and O–H groups in total. The minimum atomic E-state index is 0.0155. The highest BCUT2D eigenvalue weighted by Crippen LogP contribution is 2.38. The Morgan fingerprint density at radius 3 is 2.40 bits per heavy atom. The van der Waals surface area contributed by atoms with Gasteiger partial charge in [-0.15, -0.1) is 0 Å². The number of aromatic nitrogens is 1. The van der Waals surface area contributed by atoms with Crippen molar-refractivity contribution in [2.45, 2.75) is 36.5 Å². The highest BCUT2D eigenvalue weighted by molar-refractivity contribution is 7.99. The van der Waals surface area contributed by atoms with E-state index < -0.39 is 0 Å². The van der Waals surface area contributed by atoms with Gasteiger partial charge < -0.3 is 19.4 Å². The Morgan fingerprint density at radius 2 is 1.63 bits per heavy atom. The van der Waals surface area contributed by atoms with E-state index in [1.807, 2.05) is 63.4 Å². The fourth-order valence-corrected chi connectivity index (χ4v) is 5.28. The molecule has 0 atom stereocenters. The number of hydrogen-bond donors (Lipinski definition) is 1. The van der Waals surface area contributed by atoms with E-state index in [1.165, 1.54) is 5.39 Å². The zero-order valence-electron chi connectivity index (χ0n) is 20.5.